The van der Waals surface area contributed by atoms with Gasteiger partial charge in [-0.05, 0) is 39.0 Å². The van der Waals surface area contributed by atoms with Crippen LogP contribution in [-0.2, 0) is 4.79 Å². The van der Waals surface area contributed by atoms with Crippen molar-refractivity contribution < 1.29 is 14.4 Å². The molecule has 4 amide bonds. The predicted molar refractivity (Wildman–Crippen MR) is 112 cm³/mol. The normalized spacial score (nSPS) is 22.4. The van der Waals surface area contributed by atoms with Crippen molar-refractivity contribution in [2.75, 3.05) is 39.3 Å². The molecule has 2 aliphatic heterocycles. The third-order valence-corrected chi connectivity index (χ3v) is 5.77. The number of hydrogen-bond donors (Lipinski definition) is 1. The van der Waals surface area contributed by atoms with Gasteiger partial charge >= 0.3 is 6.03 Å². The first-order valence-electron chi connectivity index (χ1n) is 10.1. The fourth-order valence-electron chi connectivity index (χ4n) is 4.23. The number of rotatable bonds is 3. The summed E-state index contributed by atoms with van der Waals surface area (Å²) in [5.74, 6) is -0.0471. The second kappa shape index (κ2) is 8.61. The fraction of sp³-hybridized carbons (Fsp3) is 0.571. The lowest BCUT2D eigenvalue weighted by molar-refractivity contribution is -0.127. The summed E-state index contributed by atoms with van der Waals surface area (Å²) in [7, 11) is 0. The third-order valence-electron chi connectivity index (χ3n) is 5.54. The van der Waals surface area contributed by atoms with Crippen LogP contribution in [0, 0.1) is 5.41 Å². The minimum atomic E-state index is -0.466. The molecule has 3 rings (SSSR count). The maximum atomic E-state index is 13.2. The first kappa shape index (κ1) is 21.4. The number of nitrogens with zero attached hydrogens (tertiary/aromatic N) is 3. The smallest absolute Gasteiger partial charge is 0.317 e. The molecule has 1 spiro atoms. The average Bonchev–Trinajstić information content (AvgIpc) is 2.85. The Kier molecular flexibility index (Phi) is 6.36. The first-order valence-corrected chi connectivity index (χ1v) is 10.5. The number of likely N-dealkylation sites (tertiary alicyclic amines) is 1. The molecule has 1 unspecified atom stereocenters. The molecule has 2 fully saturated rings. The van der Waals surface area contributed by atoms with Crippen LogP contribution in [0.25, 0.3) is 0 Å². The topological polar surface area (TPSA) is 73.0 Å². The van der Waals surface area contributed by atoms with Gasteiger partial charge in [-0.1, -0.05) is 17.7 Å². The molecule has 0 radical (unpaired) electrons. The summed E-state index contributed by atoms with van der Waals surface area (Å²) in [4.78, 5) is 43.7. The van der Waals surface area contributed by atoms with Crippen molar-refractivity contribution in [3.8, 4) is 0 Å². The van der Waals surface area contributed by atoms with Crippen LogP contribution in [-0.4, -0.2) is 77.9 Å². The largest absolute Gasteiger partial charge is 0.342 e. The highest BCUT2D eigenvalue weighted by molar-refractivity contribution is 6.30. The van der Waals surface area contributed by atoms with Gasteiger partial charge in [-0.3, -0.25) is 9.59 Å². The van der Waals surface area contributed by atoms with Crippen molar-refractivity contribution in [2.24, 2.45) is 5.41 Å². The summed E-state index contributed by atoms with van der Waals surface area (Å²) < 4.78 is 0. The Labute approximate surface area is 177 Å². The summed E-state index contributed by atoms with van der Waals surface area (Å²) in [5.41, 5.74) is 0.0518. The molecule has 8 heteroatoms. The highest BCUT2D eigenvalue weighted by Gasteiger charge is 2.47. The van der Waals surface area contributed by atoms with E-state index >= 15 is 0 Å². The van der Waals surface area contributed by atoms with Crippen LogP contribution in [0.2, 0.25) is 5.02 Å². The fourth-order valence-corrected chi connectivity index (χ4v) is 4.42. The molecule has 29 heavy (non-hydrogen) atoms. The van der Waals surface area contributed by atoms with Crippen LogP contribution in [0.4, 0.5) is 4.79 Å². The van der Waals surface area contributed by atoms with Crippen LogP contribution in [0.3, 0.4) is 0 Å². The number of hydrogen-bond acceptors (Lipinski definition) is 3. The number of halogens is 1. The van der Waals surface area contributed by atoms with Gasteiger partial charge in [-0.2, -0.15) is 0 Å². The summed E-state index contributed by atoms with van der Waals surface area (Å²) >= 11 is 6.07. The summed E-state index contributed by atoms with van der Waals surface area (Å²) in [6.45, 7) is 8.68. The molecule has 0 bridgehead atoms. The van der Waals surface area contributed by atoms with Crippen molar-refractivity contribution in [2.45, 2.75) is 33.2 Å². The van der Waals surface area contributed by atoms with E-state index in [1.165, 1.54) is 0 Å². The first-order chi connectivity index (χ1) is 13.7. The average molecular weight is 421 g/mol. The molecule has 1 aromatic rings. The lowest BCUT2D eigenvalue weighted by Crippen LogP contribution is -2.49. The quantitative estimate of drug-likeness (QED) is 0.816. The lowest BCUT2D eigenvalue weighted by atomic mass is 9.85. The van der Waals surface area contributed by atoms with E-state index in [9.17, 15) is 14.4 Å². The summed E-state index contributed by atoms with van der Waals surface area (Å²) in [6.07, 6.45) is 0.339. The number of amides is 4. The Balaban J connectivity index is 1.88. The zero-order valence-electron chi connectivity index (χ0n) is 17.3. The van der Waals surface area contributed by atoms with E-state index in [-0.39, 0.29) is 23.9 Å². The van der Waals surface area contributed by atoms with Crippen molar-refractivity contribution in [3.05, 3.63) is 34.9 Å². The van der Waals surface area contributed by atoms with Crippen molar-refractivity contribution >= 4 is 29.4 Å². The second-order valence-electron chi connectivity index (χ2n) is 8.35. The number of urea groups is 1. The van der Waals surface area contributed by atoms with Gasteiger partial charge in [0.1, 0.15) is 0 Å². The SMILES string of the molecule is CCN1CC2(CC1=O)CN(C(=O)NC(C)C)CCN(C(=O)c1cccc(Cl)c1)C2. The van der Waals surface area contributed by atoms with Gasteiger partial charge in [0.25, 0.3) is 5.91 Å². The number of carbonyl (C=O) groups excluding carboxylic acids is 3. The highest BCUT2D eigenvalue weighted by Crippen LogP contribution is 2.35. The van der Waals surface area contributed by atoms with E-state index in [1.807, 2.05) is 25.7 Å². The van der Waals surface area contributed by atoms with Crippen LogP contribution in [0.15, 0.2) is 24.3 Å². The van der Waals surface area contributed by atoms with Gasteiger partial charge < -0.3 is 20.0 Å². The standard InChI is InChI=1S/C21H29ClN4O3/c1-4-24-12-21(11-18(24)27)13-25(19(28)16-6-5-7-17(22)10-16)8-9-26(14-21)20(29)23-15(2)3/h5-7,10,15H,4,8-9,11-14H2,1-3H3,(H,23,29). The molecule has 7 nitrogen and oxygen atoms in total. The number of carbonyl (C=O) groups is 3. The molecule has 2 aliphatic rings. The van der Waals surface area contributed by atoms with E-state index in [0.717, 1.165) is 0 Å². The second-order valence-corrected chi connectivity index (χ2v) is 8.78. The molecular weight excluding hydrogens is 392 g/mol. The van der Waals surface area contributed by atoms with Crippen molar-refractivity contribution in [1.82, 2.24) is 20.0 Å². The summed E-state index contributed by atoms with van der Waals surface area (Å²) in [6, 6.07) is 6.75. The van der Waals surface area contributed by atoms with Gasteiger partial charge in [0.05, 0.1) is 0 Å². The van der Waals surface area contributed by atoms with E-state index in [2.05, 4.69) is 5.32 Å². The predicted octanol–water partition coefficient (Wildman–Crippen LogP) is 2.45. The van der Waals surface area contributed by atoms with Gasteiger partial charge in [0.15, 0.2) is 0 Å². The van der Waals surface area contributed by atoms with Gasteiger partial charge in [0, 0.05) is 67.7 Å². The van der Waals surface area contributed by atoms with E-state index in [1.54, 1.807) is 34.1 Å². The molecule has 1 aromatic carbocycles. The highest BCUT2D eigenvalue weighted by atomic mass is 35.5. The van der Waals surface area contributed by atoms with Gasteiger partial charge in [-0.25, -0.2) is 4.79 Å². The van der Waals surface area contributed by atoms with Crippen LogP contribution >= 0.6 is 11.6 Å². The molecule has 1 N–H and O–H groups in total. The maximum absolute atomic E-state index is 13.2. The molecule has 2 saturated heterocycles. The molecular formula is C21H29ClN4O3. The van der Waals surface area contributed by atoms with E-state index in [0.29, 0.717) is 56.3 Å². The third kappa shape index (κ3) is 4.83. The van der Waals surface area contributed by atoms with Crippen molar-refractivity contribution in [1.29, 1.82) is 0 Å². The monoisotopic (exact) mass is 420 g/mol. The molecule has 0 aliphatic carbocycles. The minimum absolute atomic E-state index is 0.0169. The van der Waals surface area contributed by atoms with Crippen molar-refractivity contribution in [3.63, 3.8) is 0 Å². The Morgan fingerprint density at radius 1 is 1.17 bits per heavy atom. The maximum Gasteiger partial charge on any atom is 0.317 e. The van der Waals surface area contributed by atoms with Gasteiger partial charge in [0.2, 0.25) is 5.91 Å². The molecule has 0 aromatic heterocycles. The zero-order valence-corrected chi connectivity index (χ0v) is 18.0. The van der Waals surface area contributed by atoms with Crippen LogP contribution in [0.1, 0.15) is 37.6 Å². The van der Waals surface area contributed by atoms with E-state index < -0.39 is 5.41 Å². The number of nitrogens with one attached hydrogen (secondary N) is 1. The van der Waals surface area contributed by atoms with Gasteiger partial charge in [-0.15, -0.1) is 0 Å². The Hall–Kier alpha value is -2.28. The molecule has 158 valence electrons. The Morgan fingerprint density at radius 3 is 2.48 bits per heavy atom. The molecule has 1 atom stereocenters. The number of benzene rings is 1. The summed E-state index contributed by atoms with van der Waals surface area (Å²) in [5, 5.41) is 3.44. The Morgan fingerprint density at radius 2 is 1.86 bits per heavy atom. The lowest BCUT2D eigenvalue weighted by Gasteiger charge is -2.33. The Bertz CT molecular complexity index is 800. The zero-order chi connectivity index (χ0) is 21.2. The molecule has 0 saturated carbocycles. The van der Waals surface area contributed by atoms with Crippen LogP contribution in [0.5, 0.6) is 0 Å². The van der Waals surface area contributed by atoms with E-state index in [4.69, 9.17) is 11.6 Å². The molecule has 2 heterocycles. The minimum Gasteiger partial charge on any atom is -0.342 e. The van der Waals surface area contributed by atoms with Crippen LogP contribution < -0.4 is 5.32 Å².